The molecule has 0 atom stereocenters. The zero-order valence-electron chi connectivity index (χ0n) is 13.9. The molecule has 4 nitrogen and oxygen atoms in total. The summed E-state index contributed by atoms with van der Waals surface area (Å²) in [6.45, 7) is 9.19. The van der Waals surface area contributed by atoms with Crippen LogP contribution >= 0.6 is 35.3 Å². The summed E-state index contributed by atoms with van der Waals surface area (Å²) in [7, 11) is 0. The Kier molecular flexibility index (Phi) is 8.67. The lowest BCUT2D eigenvalue weighted by atomic mass is 9.67. The number of aromatic nitrogens is 1. The van der Waals surface area contributed by atoms with Crippen LogP contribution in [0.25, 0.3) is 0 Å². The fourth-order valence-electron chi connectivity index (χ4n) is 2.72. The third kappa shape index (κ3) is 5.68. The van der Waals surface area contributed by atoms with Gasteiger partial charge in [-0.05, 0) is 38.5 Å². The molecule has 1 saturated carbocycles. The van der Waals surface area contributed by atoms with Crippen LogP contribution in [0, 0.1) is 12.3 Å². The van der Waals surface area contributed by atoms with Crippen molar-refractivity contribution in [3.8, 4) is 0 Å². The van der Waals surface area contributed by atoms with E-state index in [9.17, 15) is 0 Å². The third-order valence-electron chi connectivity index (χ3n) is 4.42. The van der Waals surface area contributed by atoms with E-state index in [4.69, 9.17) is 4.99 Å². The number of aryl methyl sites for hydroxylation is 1. The molecule has 0 unspecified atom stereocenters. The average molecular weight is 436 g/mol. The van der Waals surface area contributed by atoms with Gasteiger partial charge in [-0.25, -0.2) is 4.98 Å². The topological polar surface area (TPSA) is 49.3 Å². The van der Waals surface area contributed by atoms with Gasteiger partial charge in [0.1, 0.15) is 0 Å². The van der Waals surface area contributed by atoms with Crippen LogP contribution in [0.2, 0.25) is 0 Å². The van der Waals surface area contributed by atoms with E-state index >= 15 is 0 Å². The van der Waals surface area contributed by atoms with Gasteiger partial charge >= 0.3 is 0 Å². The summed E-state index contributed by atoms with van der Waals surface area (Å²) >= 11 is 1.72. The minimum absolute atomic E-state index is 0. The summed E-state index contributed by atoms with van der Waals surface area (Å²) < 4.78 is 0. The summed E-state index contributed by atoms with van der Waals surface area (Å²) in [4.78, 5) is 9.28. The van der Waals surface area contributed by atoms with Crippen LogP contribution in [0.15, 0.2) is 10.4 Å². The number of halogens is 1. The van der Waals surface area contributed by atoms with Crippen molar-refractivity contribution < 1.29 is 0 Å². The Morgan fingerprint density at radius 3 is 2.64 bits per heavy atom. The van der Waals surface area contributed by atoms with Crippen molar-refractivity contribution in [1.82, 2.24) is 15.6 Å². The number of guanidine groups is 1. The van der Waals surface area contributed by atoms with E-state index in [-0.39, 0.29) is 24.0 Å². The lowest BCUT2D eigenvalue weighted by Gasteiger charge is -2.40. The fraction of sp³-hybridized carbons (Fsp3) is 0.750. The fourth-order valence-corrected chi connectivity index (χ4v) is 3.37. The molecule has 1 aromatic heterocycles. The maximum absolute atomic E-state index is 4.79. The highest BCUT2D eigenvalue weighted by molar-refractivity contribution is 14.0. The van der Waals surface area contributed by atoms with Crippen molar-refractivity contribution in [1.29, 1.82) is 0 Å². The standard InChI is InChI=1S/C16H28N4S.HI/c1-4-16(8-6-9-16)12-19-15(17-5-2)18-10-7-14-11-21-13(3)20-14;/h11H,4-10,12H2,1-3H3,(H2,17,18,19);1H. The van der Waals surface area contributed by atoms with Gasteiger partial charge in [-0.1, -0.05) is 13.3 Å². The van der Waals surface area contributed by atoms with E-state index in [0.29, 0.717) is 5.41 Å². The van der Waals surface area contributed by atoms with Crippen molar-refractivity contribution in [3.63, 3.8) is 0 Å². The van der Waals surface area contributed by atoms with Crippen LogP contribution in [0.4, 0.5) is 0 Å². The Morgan fingerprint density at radius 2 is 2.14 bits per heavy atom. The molecule has 1 fully saturated rings. The van der Waals surface area contributed by atoms with Crippen molar-refractivity contribution in [3.05, 3.63) is 16.1 Å². The highest BCUT2D eigenvalue weighted by Crippen LogP contribution is 2.43. The lowest BCUT2D eigenvalue weighted by molar-refractivity contribution is 0.139. The van der Waals surface area contributed by atoms with E-state index in [1.165, 1.54) is 31.4 Å². The second-order valence-corrected chi connectivity index (χ2v) is 7.00. The monoisotopic (exact) mass is 436 g/mol. The van der Waals surface area contributed by atoms with Crippen LogP contribution in [0.5, 0.6) is 0 Å². The van der Waals surface area contributed by atoms with E-state index in [1.54, 1.807) is 11.3 Å². The SMILES string of the molecule is CCNC(=NCC1(CC)CCC1)NCCc1csc(C)n1.I. The molecular weight excluding hydrogens is 407 g/mol. The largest absolute Gasteiger partial charge is 0.357 e. The molecule has 0 radical (unpaired) electrons. The molecule has 0 spiro atoms. The Bertz CT molecular complexity index is 463. The van der Waals surface area contributed by atoms with Gasteiger partial charge in [0.15, 0.2) is 5.96 Å². The van der Waals surface area contributed by atoms with E-state index in [2.05, 4.69) is 41.8 Å². The summed E-state index contributed by atoms with van der Waals surface area (Å²) in [5.41, 5.74) is 1.65. The summed E-state index contributed by atoms with van der Waals surface area (Å²) in [6.07, 6.45) is 6.24. The molecule has 0 saturated heterocycles. The lowest BCUT2D eigenvalue weighted by Crippen LogP contribution is -2.40. The number of nitrogens with one attached hydrogen (secondary N) is 2. The first-order chi connectivity index (χ1) is 10.2. The number of rotatable bonds is 7. The molecule has 1 aliphatic rings. The molecule has 0 aliphatic heterocycles. The van der Waals surface area contributed by atoms with Gasteiger partial charge in [-0.15, -0.1) is 35.3 Å². The Labute approximate surface area is 155 Å². The molecule has 0 aromatic carbocycles. The first kappa shape index (κ1) is 19.7. The van der Waals surface area contributed by atoms with Gasteiger partial charge in [-0.3, -0.25) is 4.99 Å². The predicted octanol–water partition coefficient (Wildman–Crippen LogP) is 3.75. The first-order valence-electron chi connectivity index (χ1n) is 8.10. The molecule has 1 heterocycles. The van der Waals surface area contributed by atoms with Gasteiger partial charge in [0.2, 0.25) is 0 Å². The van der Waals surface area contributed by atoms with E-state index < -0.39 is 0 Å². The van der Waals surface area contributed by atoms with Crippen LogP contribution < -0.4 is 10.6 Å². The van der Waals surface area contributed by atoms with Crippen LogP contribution in [-0.2, 0) is 6.42 Å². The number of aliphatic imine (C=N–C) groups is 1. The zero-order chi connectivity index (χ0) is 15.1. The van der Waals surface area contributed by atoms with Crippen molar-refractivity contribution in [2.45, 2.75) is 52.9 Å². The normalized spacial score (nSPS) is 16.6. The number of hydrogen-bond donors (Lipinski definition) is 2. The summed E-state index contributed by atoms with van der Waals surface area (Å²) in [5.74, 6) is 0.948. The summed E-state index contributed by atoms with van der Waals surface area (Å²) in [6, 6.07) is 0. The highest BCUT2D eigenvalue weighted by Gasteiger charge is 2.34. The maximum atomic E-state index is 4.79. The molecule has 126 valence electrons. The average Bonchev–Trinajstić information content (AvgIpc) is 2.83. The Hall–Kier alpha value is -0.370. The highest BCUT2D eigenvalue weighted by atomic mass is 127. The van der Waals surface area contributed by atoms with Crippen molar-refractivity contribution in [2.75, 3.05) is 19.6 Å². The zero-order valence-corrected chi connectivity index (χ0v) is 17.1. The molecule has 0 amide bonds. The number of hydrogen-bond acceptors (Lipinski definition) is 3. The molecule has 2 N–H and O–H groups in total. The molecular formula is C16H29IN4S. The minimum atomic E-state index is 0. The van der Waals surface area contributed by atoms with Gasteiger partial charge in [-0.2, -0.15) is 0 Å². The van der Waals surface area contributed by atoms with Gasteiger partial charge in [0.25, 0.3) is 0 Å². The molecule has 1 aliphatic carbocycles. The molecule has 6 heteroatoms. The third-order valence-corrected chi connectivity index (χ3v) is 5.24. The molecule has 2 rings (SSSR count). The summed E-state index contributed by atoms with van der Waals surface area (Å²) in [5, 5.41) is 10.0. The number of thiazole rings is 1. The van der Waals surface area contributed by atoms with Gasteiger partial charge in [0, 0.05) is 31.4 Å². The van der Waals surface area contributed by atoms with E-state index in [1.807, 2.05) is 0 Å². The van der Waals surface area contributed by atoms with E-state index in [0.717, 1.165) is 37.0 Å². The molecule has 1 aromatic rings. The van der Waals surface area contributed by atoms with Gasteiger partial charge < -0.3 is 10.6 Å². The Balaban J connectivity index is 0.00000242. The number of nitrogens with zero attached hydrogens (tertiary/aromatic N) is 2. The second-order valence-electron chi connectivity index (χ2n) is 5.94. The smallest absolute Gasteiger partial charge is 0.191 e. The van der Waals surface area contributed by atoms with Crippen molar-refractivity contribution >= 4 is 41.3 Å². The first-order valence-corrected chi connectivity index (χ1v) is 8.98. The van der Waals surface area contributed by atoms with Gasteiger partial charge in [0.05, 0.1) is 10.7 Å². The molecule has 0 bridgehead atoms. The van der Waals surface area contributed by atoms with Crippen LogP contribution in [0.1, 0.15) is 50.2 Å². The predicted molar refractivity (Wildman–Crippen MR) is 107 cm³/mol. The van der Waals surface area contributed by atoms with Crippen LogP contribution in [-0.4, -0.2) is 30.6 Å². The molecule has 22 heavy (non-hydrogen) atoms. The minimum Gasteiger partial charge on any atom is -0.357 e. The Morgan fingerprint density at radius 1 is 1.36 bits per heavy atom. The quantitative estimate of drug-likeness (QED) is 0.389. The van der Waals surface area contributed by atoms with Crippen molar-refractivity contribution in [2.24, 2.45) is 10.4 Å². The second kappa shape index (κ2) is 9.70. The van der Waals surface area contributed by atoms with Crippen LogP contribution in [0.3, 0.4) is 0 Å². The maximum Gasteiger partial charge on any atom is 0.191 e.